The zero-order chi connectivity index (χ0) is 10.7. The summed E-state index contributed by atoms with van der Waals surface area (Å²) in [5.41, 5.74) is 6.41. The van der Waals surface area contributed by atoms with Gasteiger partial charge in [-0.15, -0.1) is 0 Å². The van der Waals surface area contributed by atoms with Crippen LogP contribution in [0.5, 0.6) is 5.75 Å². The van der Waals surface area contributed by atoms with Crippen molar-refractivity contribution in [3.63, 3.8) is 0 Å². The van der Waals surface area contributed by atoms with Crippen molar-refractivity contribution in [2.75, 3.05) is 6.61 Å². The third kappa shape index (κ3) is 2.70. The molecule has 3 nitrogen and oxygen atoms in total. The Morgan fingerprint density at radius 1 is 1.36 bits per heavy atom. The zero-order valence-electron chi connectivity index (χ0n) is 7.37. The van der Waals surface area contributed by atoms with Gasteiger partial charge in [-0.2, -0.15) is 0 Å². The second-order valence-corrected chi connectivity index (χ2v) is 4.71. The molecule has 1 rings (SSSR count). The Hall–Kier alpha value is -0.100. The van der Waals surface area contributed by atoms with Crippen LogP contribution >= 0.6 is 31.9 Å². The van der Waals surface area contributed by atoms with Crippen molar-refractivity contribution in [2.45, 2.75) is 12.5 Å². The second-order valence-electron chi connectivity index (χ2n) is 2.94. The lowest BCUT2D eigenvalue weighted by Crippen LogP contribution is -2.12. The lowest BCUT2D eigenvalue weighted by atomic mass is 10.0. The zero-order valence-corrected chi connectivity index (χ0v) is 10.5. The summed E-state index contributed by atoms with van der Waals surface area (Å²) >= 11 is 6.53. The first-order valence-corrected chi connectivity index (χ1v) is 5.69. The molecule has 78 valence electrons. The van der Waals surface area contributed by atoms with Gasteiger partial charge in [0.1, 0.15) is 5.75 Å². The Kier molecular flexibility index (Phi) is 4.37. The van der Waals surface area contributed by atoms with Crippen molar-refractivity contribution in [2.24, 2.45) is 5.73 Å². The molecule has 1 aromatic carbocycles. The monoisotopic (exact) mass is 323 g/mol. The molecular formula is C9H11Br2NO2. The summed E-state index contributed by atoms with van der Waals surface area (Å²) < 4.78 is 1.43. The van der Waals surface area contributed by atoms with Crippen molar-refractivity contribution in [3.8, 4) is 5.75 Å². The average molecular weight is 325 g/mol. The van der Waals surface area contributed by atoms with Crippen LogP contribution < -0.4 is 5.73 Å². The van der Waals surface area contributed by atoms with E-state index in [-0.39, 0.29) is 18.4 Å². The van der Waals surface area contributed by atoms with Crippen molar-refractivity contribution in [3.05, 3.63) is 26.6 Å². The molecule has 0 amide bonds. The second kappa shape index (κ2) is 5.11. The van der Waals surface area contributed by atoms with Gasteiger partial charge >= 0.3 is 0 Å². The van der Waals surface area contributed by atoms with E-state index in [2.05, 4.69) is 31.9 Å². The molecule has 0 aliphatic heterocycles. The number of benzene rings is 1. The van der Waals surface area contributed by atoms with E-state index in [1.807, 2.05) is 0 Å². The fraction of sp³-hybridized carbons (Fsp3) is 0.333. The summed E-state index contributed by atoms with van der Waals surface area (Å²) in [6.07, 6.45) is 0.427. The largest absolute Gasteiger partial charge is 0.506 e. The van der Waals surface area contributed by atoms with Crippen LogP contribution in [0.1, 0.15) is 18.0 Å². The van der Waals surface area contributed by atoms with Gasteiger partial charge in [0, 0.05) is 22.7 Å². The molecule has 4 N–H and O–H groups in total. The van der Waals surface area contributed by atoms with E-state index < -0.39 is 0 Å². The maximum Gasteiger partial charge on any atom is 0.134 e. The molecule has 0 saturated heterocycles. The number of rotatable bonds is 3. The van der Waals surface area contributed by atoms with E-state index in [1.54, 1.807) is 12.1 Å². The van der Waals surface area contributed by atoms with E-state index in [1.165, 1.54) is 0 Å². The first-order chi connectivity index (χ1) is 6.56. The Morgan fingerprint density at radius 2 is 2.00 bits per heavy atom. The number of nitrogens with two attached hydrogens (primary N) is 1. The molecule has 0 spiro atoms. The van der Waals surface area contributed by atoms with Gasteiger partial charge in [0.25, 0.3) is 0 Å². The number of halogens is 2. The van der Waals surface area contributed by atoms with Crippen LogP contribution in [0, 0.1) is 0 Å². The average Bonchev–Trinajstić information content (AvgIpc) is 2.11. The maximum absolute atomic E-state index is 9.69. The quantitative estimate of drug-likeness (QED) is 0.799. The molecule has 1 aromatic rings. The smallest absolute Gasteiger partial charge is 0.134 e. The topological polar surface area (TPSA) is 66.5 Å². The molecule has 14 heavy (non-hydrogen) atoms. The summed E-state index contributed by atoms with van der Waals surface area (Å²) in [5, 5.41) is 18.4. The van der Waals surface area contributed by atoms with Crippen molar-refractivity contribution in [1.29, 1.82) is 0 Å². The summed E-state index contributed by atoms with van der Waals surface area (Å²) in [5.74, 6) is 0.133. The predicted molar refractivity (Wildman–Crippen MR) is 62.1 cm³/mol. The molecule has 0 fully saturated rings. The SMILES string of the molecule is N[C@H](CCO)c1cc(Br)cc(Br)c1O. The minimum Gasteiger partial charge on any atom is -0.506 e. The van der Waals surface area contributed by atoms with Gasteiger partial charge in [-0.05, 0) is 34.5 Å². The fourth-order valence-corrected chi connectivity index (χ4v) is 2.42. The van der Waals surface area contributed by atoms with E-state index in [0.29, 0.717) is 16.5 Å². The number of phenols is 1. The summed E-state index contributed by atoms with van der Waals surface area (Å²) in [6, 6.07) is 3.14. The lowest BCUT2D eigenvalue weighted by Gasteiger charge is -2.13. The molecule has 0 aromatic heterocycles. The van der Waals surface area contributed by atoms with Gasteiger partial charge in [0.15, 0.2) is 0 Å². The van der Waals surface area contributed by atoms with Gasteiger partial charge < -0.3 is 15.9 Å². The summed E-state index contributed by atoms with van der Waals surface area (Å²) in [6.45, 7) is 0.00470. The van der Waals surface area contributed by atoms with Gasteiger partial charge in [0.05, 0.1) is 4.47 Å². The van der Waals surface area contributed by atoms with Crippen LogP contribution in [0.2, 0.25) is 0 Å². The fourth-order valence-electron chi connectivity index (χ4n) is 1.16. The van der Waals surface area contributed by atoms with E-state index in [9.17, 15) is 5.11 Å². The van der Waals surface area contributed by atoms with Gasteiger partial charge in [-0.3, -0.25) is 0 Å². The number of phenolic OH excluding ortho intramolecular Hbond substituents is 1. The van der Waals surface area contributed by atoms with Crippen LogP contribution in [0.3, 0.4) is 0 Å². The number of hydrogen-bond acceptors (Lipinski definition) is 3. The van der Waals surface area contributed by atoms with Crippen molar-refractivity contribution < 1.29 is 10.2 Å². The molecule has 0 saturated carbocycles. The van der Waals surface area contributed by atoms with E-state index in [4.69, 9.17) is 10.8 Å². The number of aliphatic hydroxyl groups excluding tert-OH is 1. The molecule has 0 aliphatic rings. The van der Waals surface area contributed by atoms with Crippen molar-refractivity contribution in [1.82, 2.24) is 0 Å². The Labute approximate surface area is 99.2 Å². The minimum atomic E-state index is -0.353. The number of aromatic hydroxyl groups is 1. The first-order valence-electron chi connectivity index (χ1n) is 4.10. The molecule has 1 atom stereocenters. The molecule has 0 unspecified atom stereocenters. The molecular weight excluding hydrogens is 314 g/mol. The van der Waals surface area contributed by atoms with Crippen LogP contribution in [0.15, 0.2) is 21.1 Å². The first kappa shape index (κ1) is 12.0. The maximum atomic E-state index is 9.69. The van der Waals surface area contributed by atoms with Gasteiger partial charge in [-0.1, -0.05) is 15.9 Å². The predicted octanol–water partition coefficient (Wildman–Crippen LogP) is 2.30. The number of aliphatic hydroxyl groups is 1. The normalized spacial score (nSPS) is 12.9. The van der Waals surface area contributed by atoms with E-state index >= 15 is 0 Å². The highest BCUT2D eigenvalue weighted by molar-refractivity contribution is 9.11. The van der Waals surface area contributed by atoms with Crippen LogP contribution in [-0.4, -0.2) is 16.8 Å². The Balaban J connectivity index is 3.07. The summed E-state index contributed by atoms with van der Waals surface area (Å²) in [7, 11) is 0. The molecule has 0 heterocycles. The minimum absolute atomic E-state index is 0.00470. The van der Waals surface area contributed by atoms with Crippen LogP contribution in [0.4, 0.5) is 0 Å². The van der Waals surface area contributed by atoms with E-state index in [0.717, 1.165) is 4.47 Å². The molecule has 0 radical (unpaired) electrons. The standard InChI is InChI=1S/C9H11Br2NO2/c10-5-3-6(8(12)1-2-13)9(14)7(11)4-5/h3-4,8,13-14H,1-2,12H2/t8-/m1/s1. The molecule has 5 heteroatoms. The Morgan fingerprint density at radius 3 is 2.57 bits per heavy atom. The third-order valence-electron chi connectivity index (χ3n) is 1.90. The number of hydrogen-bond donors (Lipinski definition) is 3. The Bertz CT molecular complexity index is 331. The lowest BCUT2D eigenvalue weighted by molar-refractivity contribution is 0.275. The van der Waals surface area contributed by atoms with Gasteiger partial charge in [-0.25, -0.2) is 0 Å². The summed E-state index contributed by atoms with van der Waals surface area (Å²) in [4.78, 5) is 0. The van der Waals surface area contributed by atoms with Crippen molar-refractivity contribution >= 4 is 31.9 Å². The molecule has 0 aliphatic carbocycles. The highest BCUT2D eigenvalue weighted by Gasteiger charge is 2.13. The third-order valence-corrected chi connectivity index (χ3v) is 2.96. The molecule has 0 bridgehead atoms. The highest BCUT2D eigenvalue weighted by atomic mass is 79.9. The van der Waals surface area contributed by atoms with Crippen LogP contribution in [0.25, 0.3) is 0 Å². The highest BCUT2D eigenvalue weighted by Crippen LogP contribution is 2.35. The van der Waals surface area contributed by atoms with Gasteiger partial charge in [0.2, 0.25) is 0 Å². The van der Waals surface area contributed by atoms with Crippen LogP contribution in [-0.2, 0) is 0 Å².